The van der Waals surface area contributed by atoms with Crippen molar-refractivity contribution in [3.05, 3.63) is 58.3 Å². The molecular formula is C16H15NO2S. The first-order chi connectivity index (χ1) is 9.74. The molecule has 0 saturated carbocycles. The number of carbonyl (C=O) groups excluding carboxylic acids is 2. The fourth-order valence-corrected chi connectivity index (χ4v) is 3.47. The summed E-state index contributed by atoms with van der Waals surface area (Å²) in [5, 5.41) is 6.50. The minimum Gasteiger partial charge on any atom is -0.296 e. The van der Waals surface area contributed by atoms with Crippen LogP contribution in [0.4, 0.5) is 0 Å². The molecule has 102 valence electrons. The highest BCUT2D eigenvalue weighted by Gasteiger charge is 2.36. The quantitative estimate of drug-likeness (QED) is 0.881. The molecule has 2 heterocycles. The van der Waals surface area contributed by atoms with Crippen LogP contribution in [0.1, 0.15) is 23.5 Å². The van der Waals surface area contributed by atoms with Gasteiger partial charge in [-0.2, -0.15) is 11.3 Å². The summed E-state index contributed by atoms with van der Waals surface area (Å²) < 4.78 is 0. The van der Waals surface area contributed by atoms with E-state index < -0.39 is 0 Å². The predicted molar refractivity (Wildman–Crippen MR) is 78.5 cm³/mol. The van der Waals surface area contributed by atoms with Gasteiger partial charge in [-0.05, 0) is 34.4 Å². The third-order valence-electron chi connectivity index (χ3n) is 3.76. The van der Waals surface area contributed by atoms with Crippen molar-refractivity contribution in [1.29, 1.82) is 0 Å². The number of rotatable bonds is 3. The Kier molecular flexibility index (Phi) is 3.65. The second kappa shape index (κ2) is 5.59. The molecule has 2 unspecified atom stereocenters. The highest BCUT2D eigenvalue weighted by Crippen LogP contribution is 2.34. The van der Waals surface area contributed by atoms with Crippen LogP contribution in [0.15, 0.2) is 47.2 Å². The van der Waals surface area contributed by atoms with E-state index in [2.05, 4.69) is 5.32 Å². The maximum Gasteiger partial charge on any atom is 0.230 e. The van der Waals surface area contributed by atoms with Crippen molar-refractivity contribution in [3.8, 4) is 0 Å². The predicted octanol–water partition coefficient (Wildman–Crippen LogP) is 2.74. The van der Waals surface area contributed by atoms with E-state index in [-0.39, 0.29) is 23.7 Å². The van der Waals surface area contributed by atoms with Gasteiger partial charge in [-0.15, -0.1) is 0 Å². The third-order valence-corrected chi connectivity index (χ3v) is 4.46. The van der Waals surface area contributed by atoms with Crippen LogP contribution in [0.3, 0.4) is 0 Å². The Balaban J connectivity index is 1.88. The van der Waals surface area contributed by atoms with Gasteiger partial charge in [0.15, 0.2) is 0 Å². The molecule has 1 aromatic heterocycles. The SMILES string of the molecule is O=C1CC(c2ccsc2)C(Cc2ccccc2)C(=O)N1. The lowest BCUT2D eigenvalue weighted by molar-refractivity contribution is -0.137. The summed E-state index contributed by atoms with van der Waals surface area (Å²) in [6, 6.07) is 12.0. The first-order valence-corrected chi connectivity index (χ1v) is 7.58. The molecule has 2 aromatic rings. The van der Waals surface area contributed by atoms with E-state index in [9.17, 15) is 9.59 Å². The number of hydrogen-bond acceptors (Lipinski definition) is 3. The monoisotopic (exact) mass is 285 g/mol. The number of amides is 2. The number of thiophene rings is 1. The van der Waals surface area contributed by atoms with E-state index in [1.165, 1.54) is 0 Å². The zero-order chi connectivity index (χ0) is 13.9. The molecule has 1 fully saturated rings. The van der Waals surface area contributed by atoms with E-state index in [0.717, 1.165) is 11.1 Å². The molecule has 1 N–H and O–H groups in total. The lowest BCUT2D eigenvalue weighted by Gasteiger charge is -2.29. The van der Waals surface area contributed by atoms with Crippen molar-refractivity contribution in [2.75, 3.05) is 0 Å². The number of benzene rings is 1. The smallest absolute Gasteiger partial charge is 0.230 e. The minimum atomic E-state index is -0.176. The number of hydrogen-bond donors (Lipinski definition) is 1. The van der Waals surface area contributed by atoms with Crippen molar-refractivity contribution in [1.82, 2.24) is 5.32 Å². The Morgan fingerprint density at radius 2 is 1.95 bits per heavy atom. The Labute approximate surface area is 121 Å². The van der Waals surface area contributed by atoms with Gasteiger partial charge in [0, 0.05) is 18.3 Å². The van der Waals surface area contributed by atoms with Crippen molar-refractivity contribution >= 4 is 23.2 Å². The van der Waals surface area contributed by atoms with Gasteiger partial charge >= 0.3 is 0 Å². The normalized spacial score (nSPS) is 22.6. The molecule has 1 aliphatic heterocycles. The van der Waals surface area contributed by atoms with Crippen LogP contribution in [0, 0.1) is 5.92 Å². The maximum atomic E-state index is 12.2. The van der Waals surface area contributed by atoms with Crippen molar-refractivity contribution in [2.24, 2.45) is 5.92 Å². The van der Waals surface area contributed by atoms with Crippen molar-refractivity contribution in [3.63, 3.8) is 0 Å². The number of carbonyl (C=O) groups is 2. The van der Waals surface area contributed by atoms with Crippen molar-refractivity contribution < 1.29 is 9.59 Å². The summed E-state index contributed by atoms with van der Waals surface area (Å²) in [6.45, 7) is 0. The summed E-state index contributed by atoms with van der Waals surface area (Å²) in [5.74, 6) is -0.510. The molecular weight excluding hydrogens is 270 g/mol. The molecule has 1 saturated heterocycles. The molecule has 0 aliphatic carbocycles. The molecule has 20 heavy (non-hydrogen) atoms. The number of piperidine rings is 1. The van der Waals surface area contributed by atoms with E-state index in [4.69, 9.17) is 0 Å². The van der Waals surface area contributed by atoms with Crippen LogP contribution in [-0.2, 0) is 16.0 Å². The Bertz CT molecular complexity index is 607. The summed E-state index contributed by atoms with van der Waals surface area (Å²) in [6.07, 6.45) is 1.06. The van der Waals surface area contributed by atoms with Gasteiger partial charge in [0.2, 0.25) is 11.8 Å². The van der Waals surface area contributed by atoms with Gasteiger partial charge in [-0.25, -0.2) is 0 Å². The number of imide groups is 1. The summed E-state index contributed by atoms with van der Waals surface area (Å²) in [4.78, 5) is 23.8. The van der Waals surface area contributed by atoms with Crippen LogP contribution in [0.5, 0.6) is 0 Å². The van der Waals surface area contributed by atoms with Gasteiger partial charge < -0.3 is 0 Å². The van der Waals surface area contributed by atoms with Crippen LogP contribution >= 0.6 is 11.3 Å². The van der Waals surface area contributed by atoms with Crippen LogP contribution in [0.25, 0.3) is 0 Å². The van der Waals surface area contributed by atoms with E-state index in [0.29, 0.717) is 12.8 Å². The van der Waals surface area contributed by atoms with Gasteiger partial charge in [0.05, 0.1) is 0 Å². The van der Waals surface area contributed by atoms with E-state index in [1.807, 2.05) is 47.2 Å². The summed E-state index contributed by atoms with van der Waals surface area (Å²) in [5.41, 5.74) is 2.22. The first kappa shape index (κ1) is 13.1. The molecule has 2 atom stereocenters. The highest BCUT2D eigenvalue weighted by molar-refractivity contribution is 7.08. The first-order valence-electron chi connectivity index (χ1n) is 6.64. The van der Waals surface area contributed by atoms with Crippen molar-refractivity contribution in [2.45, 2.75) is 18.8 Å². The molecule has 1 aliphatic rings. The molecule has 1 aromatic carbocycles. The molecule has 3 nitrogen and oxygen atoms in total. The van der Waals surface area contributed by atoms with E-state index >= 15 is 0 Å². The Morgan fingerprint density at radius 1 is 1.15 bits per heavy atom. The maximum absolute atomic E-state index is 12.2. The fourth-order valence-electron chi connectivity index (χ4n) is 2.74. The van der Waals surface area contributed by atoms with Gasteiger partial charge in [0.25, 0.3) is 0 Å². The van der Waals surface area contributed by atoms with Gasteiger partial charge in [-0.1, -0.05) is 30.3 Å². The molecule has 3 rings (SSSR count). The highest BCUT2D eigenvalue weighted by atomic mass is 32.1. The summed E-state index contributed by atoms with van der Waals surface area (Å²) in [7, 11) is 0. The molecule has 4 heteroatoms. The second-order valence-corrected chi connectivity index (χ2v) is 5.86. The van der Waals surface area contributed by atoms with Gasteiger partial charge in [-0.3, -0.25) is 14.9 Å². The lowest BCUT2D eigenvalue weighted by atomic mass is 9.78. The third kappa shape index (κ3) is 2.65. The molecule has 0 bridgehead atoms. The average Bonchev–Trinajstić information content (AvgIpc) is 2.96. The molecule has 0 radical (unpaired) electrons. The molecule has 0 spiro atoms. The van der Waals surface area contributed by atoms with Crippen LogP contribution in [-0.4, -0.2) is 11.8 Å². The van der Waals surface area contributed by atoms with E-state index in [1.54, 1.807) is 11.3 Å². The zero-order valence-corrected chi connectivity index (χ0v) is 11.7. The number of nitrogens with one attached hydrogen (secondary N) is 1. The Hall–Kier alpha value is -1.94. The summed E-state index contributed by atoms with van der Waals surface area (Å²) >= 11 is 1.60. The average molecular weight is 285 g/mol. The topological polar surface area (TPSA) is 46.2 Å². The Morgan fingerprint density at radius 3 is 2.65 bits per heavy atom. The minimum absolute atomic E-state index is 0.0114. The van der Waals surface area contributed by atoms with Crippen LogP contribution in [0.2, 0.25) is 0 Å². The fraction of sp³-hybridized carbons (Fsp3) is 0.250. The standard InChI is InChI=1S/C16H15NO2S/c18-15-9-13(12-6-7-20-10-12)14(16(19)17-15)8-11-4-2-1-3-5-11/h1-7,10,13-14H,8-9H2,(H,17,18,19). The van der Waals surface area contributed by atoms with Gasteiger partial charge in [0.1, 0.15) is 0 Å². The lowest BCUT2D eigenvalue weighted by Crippen LogP contribution is -2.45. The molecule has 2 amide bonds. The largest absolute Gasteiger partial charge is 0.296 e. The zero-order valence-electron chi connectivity index (χ0n) is 10.9. The second-order valence-electron chi connectivity index (χ2n) is 5.08. The van der Waals surface area contributed by atoms with Crippen LogP contribution < -0.4 is 5.32 Å².